The van der Waals surface area contributed by atoms with Crippen LogP contribution in [0.2, 0.25) is 0 Å². The molecule has 2 atom stereocenters. The smallest absolute Gasteiger partial charge is 0.290 e. The van der Waals surface area contributed by atoms with Gasteiger partial charge in [-0.05, 0) is 44.7 Å². The third kappa shape index (κ3) is 5.54. The predicted molar refractivity (Wildman–Crippen MR) is 104 cm³/mol. The van der Waals surface area contributed by atoms with Crippen LogP contribution in [0.25, 0.3) is 0 Å². The fraction of sp³-hybridized carbons (Fsp3) is 0.750. The summed E-state index contributed by atoms with van der Waals surface area (Å²) >= 11 is 0. The number of carboxylic acid groups (broad SMARTS) is 1. The molecule has 1 aromatic rings. The highest BCUT2D eigenvalue weighted by atomic mass is 16.5. The Hall–Kier alpha value is -1.93. The number of carbonyl (C=O) groups excluding carboxylic acids is 1. The molecule has 0 bridgehead atoms. The molecule has 8 heteroatoms. The Morgan fingerprint density at radius 1 is 1.29 bits per heavy atom. The van der Waals surface area contributed by atoms with E-state index in [2.05, 4.69) is 14.9 Å². The Balaban J connectivity index is 0.000000706. The highest BCUT2D eigenvalue weighted by Crippen LogP contribution is 2.36. The minimum Gasteiger partial charge on any atom is -0.483 e. The lowest BCUT2D eigenvalue weighted by atomic mass is 9.98. The van der Waals surface area contributed by atoms with Gasteiger partial charge in [0.15, 0.2) is 0 Å². The van der Waals surface area contributed by atoms with Crippen molar-refractivity contribution in [1.29, 1.82) is 0 Å². The highest BCUT2D eigenvalue weighted by molar-refractivity contribution is 5.77. The SMILES string of the molecule is Cn1cc([C@H]2[C@H](CN3CCCCC3)OCCN2C(=O)CC2CC2)cn1.O=CO. The molecule has 0 unspecified atom stereocenters. The van der Waals surface area contributed by atoms with Crippen molar-refractivity contribution in [2.75, 3.05) is 32.8 Å². The molecule has 2 aliphatic heterocycles. The summed E-state index contributed by atoms with van der Waals surface area (Å²) in [4.78, 5) is 25.9. The van der Waals surface area contributed by atoms with E-state index in [4.69, 9.17) is 14.6 Å². The first-order valence-electron chi connectivity index (χ1n) is 10.3. The molecule has 156 valence electrons. The van der Waals surface area contributed by atoms with Crippen LogP contribution in [-0.4, -0.2) is 76.0 Å². The third-order valence-electron chi connectivity index (χ3n) is 5.79. The van der Waals surface area contributed by atoms with Crippen molar-refractivity contribution >= 4 is 12.4 Å². The summed E-state index contributed by atoms with van der Waals surface area (Å²) in [6, 6.07) is -0.00405. The minimum atomic E-state index is -0.250. The van der Waals surface area contributed by atoms with Gasteiger partial charge in [-0.1, -0.05) is 6.42 Å². The summed E-state index contributed by atoms with van der Waals surface area (Å²) in [6.07, 6.45) is 11.0. The topological polar surface area (TPSA) is 87.9 Å². The van der Waals surface area contributed by atoms with Crippen LogP contribution in [0.3, 0.4) is 0 Å². The van der Waals surface area contributed by atoms with Gasteiger partial charge in [0, 0.05) is 38.3 Å². The van der Waals surface area contributed by atoms with Gasteiger partial charge in [0.2, 0.25) is 5.91 Å². The second kappa shape index (κ2) is 10.0. The Morgan fingerprint density at radius 3 is 2.61 bits per heavy atom. The molecular formula is C20H32N4O4. The molecule has 0 aromatic carbocycles. The zero-order chi connectivity index (χ0) is 19.9. The van der Waals surface area contributed by atoms with Crippen molar-refractivity contribution in [2.45, 2.75) is 50.7 Å². The third-order valence-corrected chi connectivity index (χ3v) is 5.79. The number of carbonyl (C=O) groups is 2. The quantitative estimate of drug-likeness (QED) is 0.767. The number of likely N-dealkylation sites (tertiary alicyclic amines) is 1. The molecule has 0 radical (unpaired) electrons. The number of amides is 1. The van der Waals surface area contributed by atoms with E-state index in [9.17, 15) is 4.79 Å². The first kappa shape index (κ1) is 20.8. The first-order valence-corrected chi connectivity index (χ1v) is 10.3. The van der Waals surface area contributed by atoms with Gasteiger partial charge in [0.25, 0.3) is 6.47 Å². The summed E-state index contributed by atoms with van der Waals surface area (Å²) in [6.45, 7) is 4.30. The summed E-state index contributed by atoms with van der Waals surface area (Å²) in [5, 5.41) is 11.2. The number of ether oxygens (including phenoxy) is 1. The molecule has 28 heavy (non-hydrogen) atoms. The summed E-state index contributed by atoms with van der Waals surface area (Å²) in [5.41, 5.74) is 1.10. The maximum atomic E-state index is 12.9. The highest BCUT2D eigenvalue weighted by Gasteiger charge is 2.39. The van der Waals surface area contributed by atoms with E-state index in [1.807, 2.05) is 24.1 Å². The van der Waals surface area contributed by atoms with Crippen molar-refractivity contribution < 1.29 is 19.4 Å². The monoisotopic (exact) mass is 392 g/mol. The van der Waals surface area contributed by atoms with Crippen molar-refractivity contribution in [3.05, 3.63) is 18.0 Å². The van der Waals surface area contributed by atoms with Gasteiger partial charge < -0.3 is 19.6 Å². The maximum absolute atomic E-state index is 12.9. The molecule has 4 rings (SSSR count). The fourth-order valence-corrected chi connectivity index (χ4v) is 4.24. The van der Waals surface area contributed by atoms with Gasteiger partial charge in [-0.3, -0.25) is 14.3 Å². The number of rotatable bonds is 5. The van der Waals surface area contributed by atoms with Crippen molar-refractivity contribution in [3.63, 3.8) is 0 Å². The normalized spacial score (nSPS) is 25.7. The van der Waals surface area contributed by atoms with Gasteiger partial charge in [-0.25, -0.2) is 0 Å². The second-order valence-electron chi connectivity index (χ2n) is 8.00. The van der Waals surface area contributed by atoms with E-state index in [0.29, 0.717) is 31.4 Å². The zero-order valence-corrected chi connectivity index (χ0v) is 16.7. The molecule has 1 amide bonds. The second-order valence-corrected chi connectivity index (χ2v) is 8.00. The van der Waals surface area contributed by atoms with Crippen LogP contribution >= 0.6 is 0 Å². The van der Waals surface area contributed by atoms with Gasteiger partial charge >= 0.3 is 0 Å². The Bertz CT molecular complexity index is 640. The molecule has 1 aliphatic carbocycles. The number of hydrogen-bond donors (Lipinski definition) is 1. The maximum Gasteiger partial charge on any atom is 0.290 e. The van der Waals surface area contributed by atoms with Gasteiger partial charge in [0.05, 0.1) is 24.9 Å². The number of aryl methyl sites for hydroxylation is 1. The number of piperidine rings is 1. The average molecular weight is 393 g/mol. The van der Waals surface area contributed by atoms with Crippen LogP contribution in [0.4, 0.5) is 0 Å². The van der Waals surface area contributed by atoms with Crippen LogP contribution in [-0.2, 0) is 21.4 Å². The summed E-state index contributed by atoms with van der Waals surface area (Å²) in [7, 11) is 1.93. The number of aromatic nitrogens is 2. The fourth-order valence-electron chi connectivity index (χ4n) is 4.24. The van der Waals surface area contributed by atoms with E-state index in [1.165, 1.54) is 32.1 Å². The predicted octanol–water partition coefficient (Wildman–Crippen LogP) is 1.68. The van der Waals surface area contributed by atoms with Gasteiger partial charge in [0.1, 0.15) is 0 Å². The average Bonchev–Trinajstić information content (AvgIpc) is 3.40. The van der Waals surface area contributed by atoms with Crippen LogP contribution < -0.4 is 0 Å². The van der Waals surface area contributed by atoms with Crippen LogP contribution in [0, 0.1) is 5.92 Å². The van der Waals surface area contributed by atoms with Crippen molar-refractivity contribution in [3.8, 4) is 0 Å². The van der Waals surface area contributed by atoms with Gasteiger partial charge in [-0.2, -0.15) is 5.10 Å². The summed E-state index contributed by atoms with van der Waals surface area (Å²) < 4.78 is 8.01. The largest absolute Gasteiger partial charge is 0.483 e. The Morgan fingerprint density at radius 2 is 2.00 bits per heavy atom. The number of hydrogen-bond acceptors (Lipinski definition) is 5. The van der Waals surface area contributed by atoms with E-state index < -0.39 is 0 Å². The molecular weight excluding hydrogens is 360 g/mol. The molecule has 2 saturated heterocycles. The zero-order valence-electron chi connectivity index (χ0n) is 16.7. The molecule has 3 heterocycles. The number of nitrogens with zero attached hydrogens (tertiary/aromatic N) is 4. The van der Waals surface area contributed by atoms with Crippen molar-refractivity contribution in [1.82, 2.24) is 19.6 Å². The number of morpholine rings is 1. The lowest BCUT2D eigenvalue weighted by Gasteiger charge is -2.43. The van der Waals surface area contributed by atoms with Crippen LogP contribution in [0.5, 0.6) is 0 Å². The molecule has 3 aliphatic rings. The first-order chi connectivity index (χ1) is 13.6. The molecule has 1 saturated carbocycles. The Labute approximate surface area is 166 Å². The van der Waals surface area contributed by atoms with Gasteiger partial charge in [-0.15, -0.1) is 0 Å². The standard InChI is InChI=1S/C19H30N4O2.CH2O2/c1-21-13-16(12-20-21)19-17(14-22-7-3-2-4-8-22)25-10-9-23(19)18(24)11-15-5-6-15;2-1-3/h12-13,15,17,19H,2-11,14H2,1H3;1H,(H,2,3)/t17-,19-;/m0./s1. The van der Waals surface area contributed by atoms with E-state index in [1.54, 1.807) is 0 Å². The minimum absolute atomic E-state index is 0.00405. The Kier molecular flexibility index (Phi) is 7.44. The lowest BCUT2D eigenvalue weighted by molar-refractivity contribution is -0.149. The summed E-state index contributed by atoms with van der Waals surface area (Å²) in [5.74, 6) is 0.911. The molecule has 3 fully saturated rings. The molecule has 1 N–H and O–H groups in total. The lowest BCUT2D eigenvalue weighted by Crippen LogP contribution is -2.52. The van der Waals surface area contributed by atoms with E-state index in [0.717, 1.165) is 25.2 Å². The molecule has 0 spiro atoms. The van der Waals surface area contributed by atoms with Crippen molar-refractivity contribution in [2.24, 2.45) is 13.0 Å². The van der Waals surface area contributed by atoms with Crippen LogP contribution in [0.1, 0.15) is 50.1 Å². The van der Waals surface area contributed by atoms with E-state index in [-0.39, 0.29) is 18.6 Å². The van der Waals surface area contributed by atoms with Crippen LogP contribution in [0.15, 0.2) is 12.4 Å². The van der Waals surface area contributed by atoms with E-state index >= 15 is 0 Å². The molecule has 1 aromatic heterocycles. The molecule has 8 nitrogen and oxygen atoms in total.